The number of carboxylic acids is 1. The van der Waals surface area contributed by atoms with Crippen LogP contribution in [0.1, 0.15) is 40.0 Å². The van der Waals surface area contributed by atoms with E-state index in [1.165, 1.54) is 13.8 Å². The van der Waals surface area contributed by atoms with Gasteiger partial charge in [-0.25, -0.2) is 9.59 Å². The van der Waals surface area contributed by atoms with E-state index < -0.39 is 17.5 Å². The fourth-order valence-corrected chi connectivity index (χ4v) is 2.07. The third-order valence-electron chi connectivity index (χ3n) is 3.76. The quantitative estimate of drug-likeness (QED) is 0.666. The largest absolute Gasteiger partial charge is 0.494 e. The van der Waals surface area contributed by atoms with Crippen LogP contribution in [0.4, 0.5) is 10.5 Å². The second-order valence-corrected chi connectivity index (χ2v) is 6.08. The number of amides is 2. The molecule has 1 aromatic carbocycles. The molecule has 0 aromatic heterocycles. The molecule has 2 N–H and O–H groups in total. The zero-order valence-electron chi connectivity index (χ0n) is 14.9. The van der Waals surface area contributed by atoms with Crippen molar-refractivity contribution in [2.75, 3.05) is 18.5 Å². The second-order valence-electron chi connectivity index (χ2n) is 6.08. The average Bonchev–Trinajstić information content (AvgIpc) is 2.56. The van der Waals surface area contributed by atoms with E-state index in [9.17, 15) is 14.7 Å². The van der Waals surface area contributed by atoms with Crippen molar-refractivity contribution in [1.82, 2.24) is 4.90 Å². The molecular weight excluding hydrogens is 322 g/mol. The summed E-state index contributed by atoms with van der Waals surface area (Å²) in [6.07, 6.45) is 2.07. The first kappa shape index (κ1) is 20.3. The Kier molecular flexibility index (Phi) is 7.73. The van der Waals surface area contributed by atoms with E-state index in [-0.39, 0.29) is 13.0 Å². The minimum atomic E-state index is -1.43. The third-order valence-corrected chi connectivity index (χ3v) is 3.76. The standard InChI is InChI=1S/C18H25N3O4/c1-4-5-13-25-15-9-7-14(8-10-15)20-17(24)21(12-6-11-19)18(2,3)16(22)23/h7-10H,4-6,12-13H2,1-3H3,(H,20,24)(H,22,23). The van der Waals surface area contributed by atoms with Gasteiger partial charge in [0.15, 0.2) is 0 Å². The Labute approximate surface area is 148 Å². The molecule has 2 amide bonds. The third kappa shape index (κ3) is 5.99. The zero-order valence-corrected chi connectivity index (χ0v) is 14.9. The predicted octanol–water partition coefficient (Wildman–Crippen LogP) is 3.48. The Balaban J connectivity index is 2.79. The topological polar surface area (TPSA) is 103 Å². The number of aliphatic carboxylic acids is 1. The van der Waals surface area contributed by atoms with E-state index in [0.717, 1.165) is 17.7 Å². The van der Waals surface area contributed by atoms with Crippen LogP contribution in [0.2, 0.25) is 0 Å². The number of hydrogen-bond acceptors (Lipinski definition) is 4. The van der Waals surface area contributed by atoms with Crippen molar-refractivity contribution >= 4 is 17.7 Å². The molecule has 0 spiro atoms. The van der Waals surface area contributed by atoms with Gasteiger partial charge in [-0.05, 0) is 44.5 Å². The fourth-order valence-electron chi connectivity index (χ4n) is 2.07. The first-order chi connectivity index (χ1) is 11.8. The number of anilines is 1. The van der Waals surface area contributed by atoms with Gasteiger partial charge in [-0.2, -0.15) is 5.26 Å². The number of urea groups is 1. The lowest BCUT2D eigenvalue weighted by molar-refractivity contribution is -0.147. The van der Waals surface area contributed by atoms with Crippen LogP contribution in [0, 0.1) is 11.3 Å². The normalized spacial score (nSPS) is 10.6. The SMILES string of the molecule is CCCCOc1ccc(NC(=O)N(CCC#N)C(C)(C)C(=O)O)cc1. The number of nitrogens with zero attached hydrogens (tertiary/aromatic N) is 2. The minimum Gasteiger partial charge on any atom is -0.494 e. The molecule has 1 rings (SSSR count). The highest BCUT2D eigenvalue weighted by Crippen LogP contribution is 2.20. The first-order valence-electron chi connectivity index (χ1n) is 8.24. The molecule has 0 saturated heterocycles. The zero-order chi connectivity index (χ0) is 18.9. The summed E-state index contributed by atoms with van der Waals surface area (Å²) in [4.78, 5) is 25.1. The molecule has 25 heavy (non-hydrogen) atoms. The van der Waals surface area contributed by atoms with Crippen LogP contribution in [0.25, 0.3) is 0 Å². The molecule has 0 radical (unpaired) electrons. The van der Waals surface area contributed by atoms with Gasteiger partial charge in [0.1, 0.15) is 11.3 Å². The van der Waals surface area contributed by atoms with Crippen molar-refractivity contribution in [1.29, 1.82) is 5.26 Å². The highest BCUT2D eigenvalue weighted by Gasteiger charge is 2.37. The van der Waals surface area contributed by atoms with E-state index >= 15 is 0 Å². The number of hydrogen-bond donors (Lipinski definition) is 2. The Morgan fingerprint density at radius 2 is 1.96 bits per heavy atom. The van der Waals surface area contributed by atoms with Crippen LogP contribution in [0.3, 0.4) is 0 Å². The van der Waals surface area contributed by atoms with Gasteiger partial charge in [0, 0.05) is 12.2 Å². The Hall–Kier alpha value is -2.75. The van der Waals surface area contributed by atoms with Crippen molar-refractivity contribution in [3.8, 4) is 11.8 Å². The van der Waals surface area contributed by atoms with Crippen molar-refractivity contribution < 1.29 is 19.4 Å². The Bertz CT molecular complexity index is 620. The predicted molar refractivity (Wildman–Crippen MR) is 94.5 cm³/mol. The van der Waals surface area contributed by atoms with Gasteiger partial charge in [-0.1, -0.05) is 13.3 Å². The van der Waals surface area contributed by atoms with E-state index in [2.05, 4.69) is 12.2 Å². The number of nitriles is 1. The molecule has 0 saturated carbocycles. The number of benzene rings is 1. The van der Waals surface area contributed by atoms with E-state index in [1.807, 2.05) is 6.07 Å². The summed E-state index contributed by atoms with van der Waals surface area (Å²) in [5.41, 5.74) is -0.902. The van der Waals surface area contributed by atoms with Crippen molar-refractivity contribution in [2.45, 2.75) is 45.6 Å². The summed E-state index contributed by atoms with van der Waals surface area (Å²) in [6, 6.07) is 8.23. The summed E-state index contributed by atoms with van der Waals surface area (Å²) in [5.74, 6) is -0.432. The lowest BCUT2D eigenvalue weighted by Crippen LogP contribution is -2.54. The fraction of sp³-hybridized carbons (Fsp3) is 0.500. The van der Waals surface area contributed by atoms with Crippen molar-refractivity contribution in [2.24, 2.45) is 0 Å². The van der Waals surface area contributed by atoms with Gasteiger partial charge in [0.05, 0.1) is 19.1 Å². The molecule has 0 aliphatic heterocycles. The molecule has 0 fully saturated rings. The van der Waals surface area contributed by atoms with Gasteiger partial charge >= 0.3 is 12.0 Å². The van der Waals surface area contributed by atoms with Crippen LogP contribution in [0.5, 0.6) is 5.75 Å². The number of nitrogens with one attached hydrogen (secondary N) is 1. The lowest BCUT2D eigenvalue weighted by Gasteiger charge is -2.34. The molecule has 136 valence electrons. The number of ether oxygens (including phenoxy) is 1. The minimum absolute atomic E-state index is 0.0276. The van der Waals surface area contributed by atoms with Gasteiger partial charge in [0.25, 0.3) is 0 Å². The first-order valence-corrected chi connectivity index (χ1v) is 8.24. The monoisotopic (exact) mass is 347 g/mol. The summed E-state index contributed by atoms with van der Waals surface area (Å²) < 4.78 is 5.56. The molecule has 0 bridgehead atoms. The molecule has 0 heterocycles. The molecule has 0 aliphatic carbocycles. The number of carbonyl (C=O) groups excluding carboxylic acids is 1. The van der Waals surface area contributed by atoms with E-state index in [4.69, 9.17) is 10.00 Å². The molecule has 1 aromatic rings. The molecular formula is C18H25N3O4. The molecule has 0 atom stereocenters. The Morgan fingerprint density at radius 3 is 2.48 bits per heavy atom. The highest BCUT2D eigenvalue weighted by atomic mass is 16.5. The molecule has 0 unspecified atom stereocenters. The molecule has 0 aliphatic rings. The van der Waals surface area contributed by atoms with Crippen molar-refractivity contribution in [3.05, 3.63) is 24.3 Å². The average molecular weight is 347 g/mol. The molecule has 7 heteroatoms. The number of carboxylic acid groups (broad SMARTS) is 1. The summed E-state index contributed by atoms with van der Waals surface area (Å²) in [5, 5.41) is 20.7. The maximum Gasteiger partial charge on any atom is 0.329 e. The smallest absolute Gasteiger partial charge is 0.329 e. The number of unbranched alkanes of at least 4 members (excludes halogenated alkanes) is 1. The van der Waals surface area contributed by atoms with Gasteiger partial charge < -0.3 is 20.1 Å². The summed E-state index contributed by atoms with van der Waals surface area (Å²) in [7, 11) is 0. The van der Waals surface area contributed by atoms with Gasteiger partial charge in [0.2, 0.25) is 0 Å². The number of rotatable bonds is 9. The Morgan fingerprint density at radius 1 is 1.32 bits per heavy atom. The second kappa shape index (κ2) is 9.52. The van der Waals surface area contributed by atoms with Crippen LogP contribution in [-0.4, -0.2) is 40.7 Å². The number of carbonyl (C=O) groups is 2. The maximum absolute atomic E-state index is 12.5. The van der Waals surface area contributed by atoms with Crippen LogP contribution in [0.15, 0.2) is 24.3 Å². The maximum atomic E-state index is 12.5. The lowest BCUT2D eigenvalue weighted by atomic mass is 10.0. The molecule has 7 nitrogen and oxygen atoms in total. The summed E-state index contributed by atoms with van der Waals surface area (Å²) >= 11 is 0. The van der Waals surface area contributed by atoms with Crippen LogP contribution < -0.4 is 10.1 Å². The van der Waals surface area contributed by atoms with E-state index in [1.54, 1.807) is 24.3 Å². The van der Waals surface area contributed by atoms with Crippen LogP contribution in [-0.2, 0) is 4.79 Å². The van der Waals surface area contributed by atoms with Gasteiger partial charge in [-0.3, -0.25) is 0 Å². The van der Waals surface area contributed by atoms with Crippen LogP contribution >= 0.6 is 0 Å². The summed E-state index contributed by atoms with van der Waals surface area (Å²) in [6.45, 7) is 5.60. The van der Waals surface area contributed by atoms with E-state index in [0.29, 0.717) is 18.0 Å². The van der Waals surface area contributed by atoms with Gasteiger partial charge in [-0.15, -0.1) is 0 Å². The highest BCUT2D eigenvalue weighted by molar-refractivity contribution is 5.93. The van der Waals surface area contributed by atoms with Crippen molar-refractivity contribution in [3.63, 3.8) is 0 Å².